The molecule has 11 heteroatoms. The van der Waals surface area contributed by atoms with Gasteiger partial charge in [0.1, 0.15) is 4.90 Å². The summed E-state index contributed by atoms with van der Waals surface area (Å²) >= 11 is 18.1. The Bertz CT molecular complexity index is 1210. The van der Waals surface area contributed by atoms with Gasteiger partial charge in [-0.3, -0.25) is 15.1 Å². The van der Waals surface area contributed by atoms with Crippen molar-refractivity contribution in [1.82, 2.24) is 0 Å². The summed E-state index contributed by atoms with van der Waals surface area (Å²) in [7, 11) is -4.17. The Kier molecular flexibility index (Phi) is 6.62. The molecule has 0 N–H and O–H groups in total. The Morgan fingerprint density at radius 2 is 1.50 bits per heavy atom. The Balaban J connectivity index is 1.83. The van der Waals surface area contributed by atoms with Crippen LogP contribution in [0.3, 0.4) is 0 Å². The maximum atomic E-state index is 12.4. The first-order chi connectivity index (χ1) is 14.2. The molecule has 3 aromatic rings. The number of hydrogen-bond donors (Lipinski definition) is 0. The molecule has 0 aliphatic heterocycles. The van der Waals surface area contributed by atoms with E-state index >= 15 is 0 Å². The first kappa shape index (κ1) is 22.0. The molecule has 154 valence electrons. The van der Waals surface area contributed by atoms with Crippen molar-refractivity contribution in [2.24, 2.45) is 4.99 Å². The van der Waals surface area contributed by atoms with Gasteiger partial charge < -0.3 is 4.18 Å². The number of non-ortho nitro benzene ring substituents is 1. The highest BCUT2D eigenvalue weighted by Gasteiger charge is 2.21. The third kappa shape index (κ3) is 5.28. The third-order valence-electron chi connectivity index (χ3n) is 3.74. The van der Waals surface area contributed by atoms with Crippen molar-refractivity contribution in [1.29, 1.82) is 0 Å². The van der Waals surface area contributed by atoms with Crippen LogP contribution in [0.25, 0.3) is 0 Å². The fourth-order valence-corrected chi connectivity index (χ4v) is 4.07. The lowest BCUT2D eigenvalue weighted by molar-refractivity contribution is -0.384. The van der Waals surface area contributed by atoms with Gasteiger partial charge in [0.15, 0.2) is 5.75 Å². The van der Waals surface area contributed by atoms with Crippen LogP contribution in [0.4, 0.5) is 11.4 Å². The highest BCUT2D eigenvalue weighted by molar-refractivity contribution is 7.87. The number of aliphatic imine (C=N–C) groups is 1. The molecular weight excluding hydrogens is 475 g/mol. The fraction of sp³-hybridized carbons (Fsp3) is 0. The van der Waals surface area contributed by atoms with Gasteiger partial charge in [-0.1, -0.05) is 34.8 Å². The number of nitro groups is 1. The van der Waals surface area contributed by atoms with E-state index in [0.29, 0.717) is 16.3 Å². The summed E-state index contributed by atoms with van der Waals surface area (Å²) in [6.45, 7) is 0. The minimum atomic E-state index is -4.17. The second kappa shape index (κ2) is 9.01. The third-order valence-corrected chi connectivity index (χ3v) is 5.79. The summed E-state index contributed by atoms with van der Waals surface area (Å²) in [5.41, 5.74) is 0.890. The van der Waals surface area contributed by atoms with Crippen molar-refractivity contribution < 1.29 is 17.5 Å². The summed E-state index contributed by atoms with van der Waals surface area (Å²) in [6, 6.07) is 13.9. The Morgan fingerprint density at radius 3 is 2.03 bits per heavy atom. The highest BCUT2D eigenvalue weighted by Crippen LogP contribution is 2.36. The molecule has 0 radical (unpaired) electrons. The van der Waals surface area contributed by atoms with Crippen LogP contribution in [-0.2, 0) is 10.1 Å². The number of nitro benzene ring substituents is 1. The van der Waals surface area contributed by atoms with Gasteiger partial charge in [0.25, 0.3) is 5.69 Å². The van der Waals surface area contributed by atoms with E-state index in [2.05, 4.69) is 4.99 Å². The quantitative estimate of drug-likeness (QED) is 0.182. The van der Waals surface area contributed by atoms with E-state index in [-0.39, 0.29) is 26.4 Å². The maximum absolute atomic E-state index is 12.4. The summed E-state index contributed by atoms with van der Waals surface area (Å²) in [4.78, 5) is 14.2. The molecule has 0 aliphatic carbocycles. The predicted molar refractivity (Wildman–Crippen MR) is 116 cm³/mol. The zero-order chi connectivity index (χ0) is 21.9. The average Bonchev–Trinajstić information content (AvgIpc) is 2.70. The monoisotopic (exact) mass is 484 g/mol. The predicted octanol–water partition coefficient (Wildman–Crippen LogP) is 6.07. The molecule has 0 unspecified atom stereocenters. The van der Waals surface area contributed by atoms with E-state index in [1.165, 1.54) is 66.9 Å². The van der Waals surface area contributed by atoms with Crippen LogP contribution in [0.1, 0.15) is 5.56 Å². The molecule has 3 rings (SSSR count). The van der Waals surface area contributed by atoms with E-state index in [4.69, 9.17) is 39.0 Å². The van der Waals surface area contributed by atoms with Gasteiger partial charge in [0, 0.05) is 23.4 Å². The van der Waals surface area contributed by atoms with Crippen molar-refractivity contribution in [2.75, 3.05) is 0 Å². The largest absolute Gasteiger partial charge is 0.376 e. The van der Waals surface area contributed by atoms with Crippen LogP contribution in [0, 0.1) is 10.1 Å². The van der Waals surface area contributed by atoms with E-state index in [0.717, 1.165) is 0 Å². The SMILES string of the molecule is O=[N+]([O-])c1ccc(N=Cc2cc(Cl)c(OS(=O)(=O)c3ccc(Cl)cc3)c(Cl)c2)cc1. The molecule has 0 saturated carbocycles. The second-order valence-corrected chi connectivity index (χ2v) is 8.63. The second-order valence-electron chi connectivity index (χ2n) is 5.84. The summed E-state index contributed by atoms with van der Waals surface area (Å²) < 4.78 is 30.0. The van der Waals surface area contributed by atoms with E-state index < -0.39 is 15.0 Å². The lowest BCUT2D eigenvalue weighted by atomic mass is 10.2. The number of benzene rings is 3. The number of halogens is 3. The van der Waals surface area contributed by atoms with Crippen LogP contribution in [0.5, 0.6) is 5.75 Å². The van der Waals surface area contributed by atoms with Crippen molar-refractivity contribution in [3.8, 4) is 5.75 Å². The molecule has 0 atom stereocenters. The molecule has 30 heavy (non-hydrogen) atoms. The van der Waals surface area contributed by atoms with Crippen LogP contribution in [-0.4, -0.2) is 19.6 Å². The first-order valence-electron chi connectivity index (χ1n) is 8.13. The number of nitrogens with zero attached hydrogens (tertiary/aromatic N) is 2. The topological polar surface area (TPSA) is 98.9 Å². The Labute approximate surface area is 186 Å². The zero-order valence-electron chi connectivity index (χ0n) is 14.8. The van der Waals surface area contributed by atoms with Gasteiger partial charge >= 0.3 is 10.1 Å². The van der Waals surface area contributed by atoms with Crippen LogP contribution in [0.2, 0.25) is 15.1 Å². The lowest BCUT2D eigenvalue weighted by Gasteiger charge is -2.11. The molecule has 0 fully saturated rings. The van der Waals surface area contributed by atoms with Crippen molar-refractivity contribution in [3.63, 3.8) is 0 Å². The van der Waals surface area contributed by atoms with Gasteiger partial charge in [-0.15, -0.1) is 0 Å². The summed E-state index contributed by atoms with van der Waals surface area (Å²) in [5.74, 6) is -0.222. The van der Waals surface area contributed by atoms with Gasteiger partial charge in [-0.25, -0.2) is 0 Å². The maximum Gasteiger partial charge on any atom is 0.339 e. The molecule has 0 aromatic heterocycles. The van der Waals surface area contributed by atoms with Crippen LogP contribution >= 0.6 is 34.8 Å². The summed E-state index contributed by atoms with van der Waals surface area (Å²) in [6.07, 6.45) is 1.43. The van der Waals surface area contributed by atoms with Gasteiger partial charge in [0.2, 0.25) is 0 Å². The van der Waals surface area contributed by atoms with Crippen LogP contribution < -0.4 is 4.18 Å². The van der Waals surface area contributed by atoms with E-state index in [1.54, 1.807) is 0 Å². The van der Waals surface area contributed by atoms with Crippen molar-refractivity contribution in [3.05, 3.63) is 91.4 Å². The van der Waals surface area contributed by atoms with E-state index in [1.807, 2.05) is 0 Å². The molecule has 3 aromatic carbocycles. The van der Waals surface area contributed by atoms with Crippen LogP contribution in [0.15, 0.2) is 70.6 Å². The van der Waals surface area contributed by atoms with Gasteiger partial charge in [0.05, 0.1) is 20.7 Å². The van der Waals surface area contributed by atoms with Crippen molar-refractivity contribution in [2.45, 2.75) is 4.90 Å². The smallest absolute Gasteiger partial charge is 0.339 e. The number of hydrogen-bond acceptors (Lipinski definition) is 6. The minimum Gasteiger partial charge on any atom is -0.376 e. The first-order valence-corrected chi connectivity index (χ1v) is 10.7. The molecular formula is C19H11Cl3N2O5S. The zero-order valence-corrected chi connectivity index (χ0v) is 17.9. The molecule has 7 nitrogen and oxygen atoms in total. The van der Waals surface area contributed by atoms with Crippen molar-refractivity contribution >= 4 is 62.5 Å². The fourth-order valence-electron chi connectivity index (χ4n) is 2.30. The molecule has 0 amide bonds. The molecule has 0 saturated heterocycles. The lowest BCUT2D eigenvalue weighted by Crippen LogP contribution is -2.10. The normalized spacial score (nSPS) is 11.6. The minimum absolute atomic E-state index is 0.0369. The Morgan fingerprint density at radius 1 is 0.933 bits per heavy atom. The molecule has 0 heterocycles. The summed E-state index contributed by atoms with van der Waals surface area (Å²) in [5, 5.41) is 11.0. The van der Waals surface area contributed by atoms with Gasteiger partial charge in [-0.05, 0) is 54.1 Å². The standard InChI is InChI=1S/C19H11Cl3N2O5S/c20-13-1-7-16(8-2-13)30(27,28)29-19-17(21)9-12(10-18(19)22)11-23-14-3-5-15(6-4-14)24(25)26/h1-11H. The molecule has 0 spiro atoms. The highest BCUT2D eigenvalue weighted by atomic mass is 35.5. The molecule has 0 aliphatic rings. The average molecular weight is 486 g/mol. The molecule has 0 bridgehead atoms. The Hall–Kier alpha value is -2.65. The number of rotatable bonds is 6. The van der Waals surface area contributed by atoms with E-state index in [9.17, 15) is 18.5 Å². The van der Waals surface area contributed by atoms with Gasteiger partial charge in [-0.2, -0.15) is 8.42 Å².